The molecule has 0 saturated carbocycles. The number of nitrogens with zero attached hydrogens (tertiary/aromatic N) is 2. The summed E-state index contributed by atoms with van der Waals surface area (Å²) < 4.78 is 17.1. The second-order valence-electron chi connectivity index (χ2n) is 8.49. The highest BCUT2D eigenvalue weighted by molar-refractivity contribution is 5.72. The maximum atomic E-state index is 6.08. The quantitative estimate of drug-likeness (QED) is 0.630. The average Bonchev–Trinajstić information content (AvgIpc) is 3.45. The Kier molecular flexibility index (Phi) is 5.80. The molecule has 2 aliphatic heterocycles. The summed E-state index contributed by atoms with van der Waals surface area (Å²) in [5, 5.41) is 0. The van der Waals surface area contributed by atoms with E-state index in [1.54, 1.807) is 14.2 Å². The fourth-order valence-electron chi connectivity index (χ4n) is 4.93. The van der Waals surface area contributed by atoms with Crippen molar-refractivity contribution in [2.45, 2.75) is 24.8 Å². The highest BCUT2D eigenvalue weighted by Crippen LogP contribution is 2.36. The number of methoxy groups -OCH3 is 2. The SMILES string of the molecule is COc1ccc(C2NNCC2CN2CCCC(c3nc4ccccc4o3)C2)c(OC)c1. The normalized spacial score (nSPS) is 24.5. The molecule has 1 aromatic heterocycles. The van der Waals surface area contributed by atoms with Gasteiger partial charge in [-0.3, -0.25) is 5.43 Å². The zero-order chi connectivity index (χ0) is 21.2. The van der Waals surface area contributed by atoms with Gasteiger partial charge in [0, 0.05) is 43.1 Å². The molecule has 0 radical (unpaired) electrons. The number of hydrazine groups is 1. The van der Waals surface area contributed by atoms with E-state index in [4.69, 9.17) is 18.9 Å². The molecule has 31 heavy (non-hydrogen) atoms. The number of aromatic nitrogens is 1. The number of likely N-dealkylation sites (tertiary alicyclic amines) is 1. The summed E-state index contributed by atoms with van der Waals surface area (Å²) in [6.07, 6.45) is 2.29. The van der Waals surface area contributed by atoms with E-state index in [1.165, 1.54) is 0 Å². The van der Waals surface area contributed by atoms with E-state index in [1.807, 2.05) is 36.4 Å². The summed E-state index contributed by atoms with van der Waals surface area (Å²) in [5.74, 6) is 3.32. The second kappa shape index (κ2) is 8.86. The van der Waals surface area contributed by atoms with Crippen molar-refractivity contribution in [1.29, 1.82) is 0 Å². The summed E-state index contributed by atoms with van der Waals surface area (Å²) in [4.78, 5) is 7.32. The van der Waals surface area contributed by atoms with Crippen LogP contribution < -0.4 is 20.3 Å². The van der Waals surface area contributed by atoms with E-state index < -0.39 is 0 Å². The number of fused-ring (bicyclic) bond motifs is 1. The van der Waals surface area contributed by atoms with Gasteiger partial charge in [0.15, 0.2) is 11.5 Å². The van der Waals surface area contributed by atoms with Crippen molar-refractivity contribution < 1.29 is 13.9 Å². The van der Waals surface area contributed by atoms with E-state index in [0.29, 0.717) is 11.8 Å². The lowest BCUT2D eigenvalue weighted by Crippen LogP contribution is -2.39. The lowest BCUT2D eigenvalue weighted by molar-refractivity contribution is 0.166. The van der Waals surface area contributed by atoms with Crippen LogP contribution in [0.4, 0.5) is 0 Å². The number of nitrogens with one attached hydrogen (secondary N) is 2. The van der Waals surface area contributed by atoms with Gasteiger partial charge < -0.3 is 18.8 Å². The third kappa shape index (κ3) is 4.13. The molecule has 0 amide bonds. The molecular formula is C24H30N4O3. The van der Waals surface area contributed by atoms with Crippen LogP contribution in [0, 0.1) is 5.92 Å². The number of hydrogen-bond acceptors (Lipinski definition) is 7. The highest BCUT2D eigenvalue weighted by Gasteiger charge is 2.34. The van der Waals surface area contributed by atoms with Crippen LogP contribution in [0.25, 0.3) is 11.1 Å². The van der Waals surface area contributed by atoms with Crippen molar-refractivity contribution in [2.24, 2.45) is 5.92 Å². The third-order valence-corrected chi connectivity index (χ3v) is 6.53. The van der Waals surface area contributed by atoms with Gasteiger partial charge in [-0.15, -0.1) is 0 Å². The first-order valence-electron chi connectivity index (χ1n) is 11.0. The van der Waals surface area contributed by atoms with Crippen molar-refractivity contribution in [3.63, 3.8) is 0 Å². The minimum Gasteiger partial charge on any atom is -0.497 e. The Morgan fingerprint density at radius 2 is 2.06 bits per heavy atom. The minimum absolute atomic E-state index is 0.186. The molecule has 0 bridgehead atoms. The van der Waals surface area contributed by atoms with Crippen molar-refractivity contribution in [1.82, 2.24) is 20.7 Å². The van der Waals surface area contributed by atoms with Gasteiger partial charge in [0.2, 0.25) is 0 Å². The monoisotopic (exact) mass is 422 g/mol. The van der Waals surface area contributed by atoms with E-state index in [0.717, 1.165) is 73.1 Å². The Bertz CT molecular complexity index is 1000. The summed E-state index contributed by atoms with van der Waals surface area (Å²) in [6, 6.07) is 14.3. The molecule has 3 unspecified atom stereocenters. The van der Waals surface area contributed by atoms with Gasteiger partial charge in [-0.05, 0) is 37.6 Å². The Hall–Kier alpha value is -2.61. The molecule has 2 fully saturated rings. The Morgan fingerprint density at radius 3 is 2.90 bits per heavy atom. The molecule has 164 valence electrons. The maximum Gasteiger partial charge on any atom is 0.199 e. The molecule has 3 aromatic rings. The average molecular weight is 423 g/mol. The third-order valence-electron chi connectivity index (χ3n) is 6.53. The molecule has 5 rings (SSSR count). The number of hydrogen-bond donors (Lipinski definition) is 2. The number of piperidine rings is 1. The van der Waals surface area contributed by atoms with Gasteiger partial charge in [-0.25, -0.2) is 10.4 Å². The number of para-hydroxylation sites is 2. The van der Waals surface area contributed by atoms with E-state index in [2.05, 4.69) is 21.8 Å². The summed E-state index contributed by atoms with van der Waals surface area (Å²) >= 11 is 0. The molecular weight excluding hydrogens is 392 g/mol. The smallest absolute Gasteiger partial charge is 0.199 e. The molecule has 7 heteroatoms. The molecule has 0 spiro atoms. The molecule has 7 nitrogen and oxygen atoms in total. The first-order chi connectivity index (χ1) is 15.2. The van der Waals surface area contributed by atoms with Crippen LogP contribution in [0.15, 0.2) is 46.9 Å². The molecule has 2 aliphatic rings. The van der Waals surface area contributed by atoms with Crippen molar-refractivity contribution in [3.8, 4) is 11.5 Å². The van der Waals surface area contributed by atoms with Gasteiger partial charge in [0.1, 0.15) is 17.0 Å². The number of oxazole rings is 1. The van der Waals surface area contributed by atoms with Crippen LogP contribution in [-0.4, -0.2) is 50.3 Å². The van der Waals surface area contributed by atoms with Crippen LogP contribution in [0.3, 0.4) is 0 Å². The van der Waals surface area contributed by atoms with E-state index in [-0.39, 0.29) is 6.04 Å². The molecule has 2 N–H and O–H groups in total. The predicted octanol–water partition coefficient (Wildman–Crippen LogP) is 3.49. The Morgan fingerprint density at radius 1 is 1.16 bits per heavy atom. The second-order valence-corrected chi connectivity index (χ2v) is 8.49. The number of ether oxygens (including phenoxy) is 2. The van der Waals surface area contributed by atoms with Crippen LogP contribution in [0.2, 0.25) is 0 Å². The van der Waals surface area contributed by atoms with Crippen LogP contribution in [0.1, 0.15) is 36.3 Å². The standard InChI is InChI=1S/C24H30N4O3/c1-29-18-9-10-19(22(12-18)30-2)23-17(13-25-27-23)15-28-11-5-6-16(14-28)24-26-20-7-3-4-8-21(20)31-24/h3-4,7-10,12,16-17,23,25,27H,5-6,11,13-15H2,1-2H3. The summed E-state index contributed by atoms with van der Waals surface area (Å²) in [6.45, 7) is 4.02. The van der Waals surface area contributed by atoms with Crippen molar-refractivity contribution >= 4 is 11.1 Å². The molecule has 3 heterocycles. The van der Waals surface area contributed by atoms with Crippen molar-refractivity contribution in [2.75, 3.05) is 40.4 Å². The first kappa shape index (κ1) is 20.3. The molecule has 3 atom stereocenters. The van der Waals surface area contributed by atoms with Gasteiger partial charge in [0.25, 0.3) is 0 Å². The zero-order valence-corrected chi connectivity index (χ0v) is 18.1. The van der Waals surface area contributed by atoms with Gasteiger partial charge in [-0.1, -0.05) is 18.2 Å². The van der Waals surface area contributed by atoms with Crippen LogP contribution in [0.5, 0.6) is 11.5 Å². The lowest BCUT2D eigenvalue weighted by Gasteiger charge is -2.34. The molecule has 2 saturated heterocycles. The Balaban J connectivity index is 1.30. The summed E-state index contributed by atoms with van der Waals surface area (Å²) in [5.41, 5.74) is 9.80. The maximum absolute atomic E-state index is 6.08. The number of benzene rings is 2. The van der Waals surface area contributed by atoms with E-state index in [9.17, 15) is 0 Å². The molecule has 2 aromatic carbocycles. The fourth-order valence-corrected chi connectivity index (χ4v) is 4.93. The zero-order valence-electron chi connectivity index (χ0n) is 18.1. The van der Waals surface area contributed by atoms with Crippen LogP contribution in [-0.2, 0) is 0 Å². The highest BCUT2D eigenvalue weighted by atomic mass is 16.5. The van der Waals surface area contributed by atoms with Crippen molar-refractivity contribution in [3.05, 3.63) is 53.9 Å². The van der Waals surface area contributed by atoms with Gasteiger partial charge >= 0.3 is 0 Å². The largest absolute Gasteiger partial charge is 0.497 e. The predicted molar refractivity (Wildman–Crippen MR) is 119 cm³/mol. The Labute approximate surface area is 182 Å². The van der Waals surface area contributed by atoms with E-state index >= 15 is 0 Å². The minimum atomic E-state index is 0.186. The summed E-state index contributed by atoms with van der Waals surface area (Å²) in [7, 11) is 3.39. The fraction of sp³-hybridized carbons (Fsp3) is 0.458. The topological polar surface area (TPSA) is 71.8 Å². The van der Waals surface area contributed by atoms with Crippen LogP contribution >= 0.6 is 0 Å². The van der Waals surface area contributed by atoms with Gasteiger partial charge in [0.05, 0.1) is 20.3 Å². The lowest BCUT2D eigenvalue weighted by atomic mass is 9.91. The van der Waals surface area contributed by atoms with Gasteiger partial charge in [-0.2, -0.15) is 0 Å². The first-order valence-corrected chi connectivity index (χ1v) is 11.0. The molecule has 0 aliphatic carbocycles. The number of rotatable bonds is 6.